The van der Waals surface area contributed by atoms with E-state index in [1.807, 2.05) is 0 Å². The van der Waals surface area contributed by atoms with Gasteiger partial charge in [0.2, 0.25) is 0 Å². The molecule has 0 aromatic carbocycles. The van der Waals surface area contributed by atoms with Crippen LogP contribution in [-0.4, -0.2) is 0 Å². The van der Waals surface area contributed by atoms with E-state index >= 15 is 0 Å². The molecule has 0 heteroatoms. The van der Waals surface area contributed by atoms with Crippen LogP contribution in [0.15, 0.2) is 0 Å². The second-order valence-electron chi connectivity index (χ2n) is 10.4. The van der Waals surface area contributed by atoms with Gasteiger partial charge in [0.1, 0.15) is 0 Å². The summed E-state index contributed by atoms with van der Waals surface area (Å²) >= 11 is 0. The largest absolute Gasteiger partial charge is 0.0625 e. The summed E-state index contributed by atoms with van der Waals surface area (Å²) in [6.45, 7) is 10.4. The Bertz CT molecular complexity index is 424. The summed E-state index contributed by atoms with van der Waals surface area (Å²) in [7, 11) is 0. The van der Waals surface area contributed by atoms with Crippen molar-refractivity contribution in [3.8, 4) is 0 Å². The molecule has 4 aliphatic rings. The fourth-order valence-electron chi connectivity index (χ4n) is 8.43. The van der Waals surface area contributed by atoms with Crippen LogP contribution >= 0.6 is 0 Å². The van der Waals surface area contributed by atoms with Crippen LogP contribution in [0, 0.1) is 46.3 Å². The van der Waals surface area contributed by atoms with Crippen LogP contribution in [0.4, 0.5) is 0 Å². The molecular formula is C22H38. The Labute approximate surface area is 138 Å². The van der Waals surface area contributed by atoms with Crippen LogP contribution in [0.3, 0.4) is 0 Å². The maximum Gasteiger partial charge on any atom is -0.0264 e. The van der Waals surface area contributed by atoms with Crippen LogP contribution in [0.25, 0.3) is 0 Å². The molecule has 22 heavy (non-hydrogen) atoms. The van der Waals surface area contributed by atoms with Gasteiger partial charge in [-0.2, -0.15) is 0 Å². The minimum Gasteiger partial charge on any atom is -0.0625 e. The van der Waals surface area contributed by atoms with Gasteiger partial charge in [0.05, 0.1) is 0 Å². The zero-order valence-electron chi connectivity index (χ0n) is 15.5. The summed E-state index contributed by atoms with van der Waals surface area (Å²) in [5.41, 5.74) is 1.41. The van der Waals surface area contributed by atoms with Gasteiger partial charge in [-0.15, -0.1) is 0 Å². The lowest BCUT2D eigenvalue weighted by molar-refractivity contribution is -0.113. The quantitative estimate of drug-likeness (QED) is 0.506. The standard InChI is InChI=1S/C22H38/c1-15(2)18-10-11-19-17-9-8-16-7-5-6-13-21(16,3)20(17)12-14-22(18,19)4/h15-20H,5-14H2,1-4H3/t16-,17-,18+,19-,20-,21-,22+/m0/s1. The lowest BCUT2D eigenvalue weighted by Crippen LogP contribution is -2.53. The molecule has 0 N–H and O–H groups in total. The molecule has 0 bridgehead atoms. The Kier molecular flexibility index (Phi) is 3.70. The highest BCUT2D eigenvalue weighted by molar-refractivity contribution is 5.08. The summed E-state index contributed by atoms with van der Waals surface area (Å²) in [6.07, 6.45) is 15.5. The van der Waals surface area contributed by atoms with Crippen LogP contribution in [0.1, 0.15) is 91.9 Å². The third-order valence-corrected chi connectivity index (χ3v) is 9.46. The van der Waals surface area contributed by atoms with Crippen molar-refractivity contribution in [1.82, 2.24) is 0 Å². The predicted molar refractivity (Wildman–Crippen MR) is 94.7 cm³/mol. The van der Waals surface area contributed by atoms with Crippen molar-refractivity contribution in [3.05, 3.63) is 0 Å². The van der Waals surface area contributed by atoms with E-state index in [1.54, 1.807) is 44.9 Å². The second-order valence-corrected chi connectivity index (χ2v) is 10.4. The minimum atomic E-state index is 0.688. The lowest BCUT2D eigenvalue weighted by atomic mass is 9.44. The molecule has 0 spiro atoms. The van der Waals surface area contributed by atoms with Gasteiger partial charge in [-0.05, 0) is 97.7 Å². The van der Waals surface area contributed by atoms with Gasteiger partial charge < -0.3 is 0 Å². The van der Waals surface area contributed by atoms with Gasteiger partial charge in [-0.3, -0.25) is 0 Å². The zero-order valence-corrected chi connectivity index (χ0v) is 15.5. The Hall–Kier alpha value is 0. The van der Waals surface area contributed by atoms with E-state index in [9.17, 15) is 0 Å². The first-order valence-electron chi connectivity index (χ1n) is 10.5. The summed E-state index contributed by atoms with van der Waals surface area (Å²) in [6, 6.07) is 0. The van der Waals surface area contributed by atoms with Crippen LogP contribution < -0.4 is 0 Å². The number of hydrogen-bond acceptors (Lipinski definition) is 0. The first-order valence-corrected chi connectivity index (χ1v) is 10.5. The molecule has 0 nitrogen and oxygen atoms in total. The Morgan fingerprint density at radius 3 is 2.27 bits per heavy atom. The highest BCUT2D eigenvalue weighted by Gasteiger charge is 2.59. The minimum absolute atomic E-state index is 0.688. The van der Waals surface area contributed by atoms with Gasteiger partial charge in [0.25, 0.3) is 0 Å². The molecule has 4 rings (SSSR count). The van der Waals surface area contributed by atoms with E-state index in [1.165, 1.54) is 19.3 Å². The average molecular weight is 303 g/mol. The van der Waals surface area contributed by atoms with E-state index in [0.29, 0.717) is 5.41 Å². The first kappa shape index (κ1) is 15.5. The van der Waals surface area contributed by atoms with E-state index in [0.717, 1.165) is 40.9 Å². The molecule has 0 aromatic rings. The fourth-order valence-corrected chi connectivity index (χ4v) is 8.43. The van der Waals surface area contributed by atoms with Gasteiger partial charge in [-0.1, -0.05) is 40.5 Å². The molecule has 0 saturated heterocycles. The normalized spacial score (nSPS) is 54.7. The number of fused-ring (bicyclic) bond motifs is 5. The van der Waals surface area contributed by atoms with Crippen molar-refractivity contribution in [3.63, 3.8) is 0 Å². The molecule has 126 valence electrons. The molecule has 0 aliphatic heterocycles. The Morgan fingerprint density at radius 2 is 1.50 bits per heavy atom. The van der Waals surface area contributed by atoms with Crippen molar-refractivity contribution >= 4 is 0 Å². The Morgan fingerprint density at radius 1 is 0.727 bits per heavy atom. The van der Waals surface area contributed by atoms with Crippen molar-refractivity contribution in [2.24, 2.45) is 46.3 Å². The fraction of sp³-hybridized carbons (Fsp3) is 1.00. The molecule has 4 fully saturated rings. The average Bonchev–Trinajstić information content (AvgIpc) is 2.84. The molecule has 0 radical (unpaired) electrons. The molecule has 4 aliphatic carbocycles. The van der Waals surface area contributed by atoms with Crippen LogP contribution in [-0.2, 0) is 0 Å². The number of rotatable bonds is 1. The van der Waals surface area contributed by atoms with Crippen molar-refractivity contribution in [2.75, 3.05) is 0 Å². The summed E-state index contributed by atoms with van der Waals surface area (Å²) < 4.78 is 0. The van der Waals surface area contributed by atoms with Crippen molar-refractivity contribution in [2.45, 2.75) is 91.9 Å². The predicted octanol–water partition coefficient (Wildman–Crippen LogP) is 6.69. The summed E-state index contributed by atoms with van der Waals surface area (Å²) in [4.78, 5) is 0. The maximum atomic E-state index is 2.71. The maximum absolute atomic E-state index is 2.71. The topological polar surface area (TPSA) is 0 Å². The third kappa shape index (κ3) is 2.01. The van der Waals surface area contributed by atoms with E-state index < -0.39 is 0 Å². The third-order valence-electron chi connectivity index (χ3n) is 9.46. The van der Waals surface area contributed by atoms with Gasteiger partial charge >= 0.3 is 0 Å². The highest BCUT2D eigenvalue weighted by Crippen LogP contribution is 2.68. The molecule has 0 heterocycles. The second kappa shape index (κ2) is 5.25. The van der Waals surface area contributed by atoms with Gasteiger partial charge in [0.15, 0.2) is 0 Å². The number of hydrogen-bond donors (Lipinski definition) is 0. The summed E-state index contributed by atoms with van der Waals surface area (Å²) in [5, 5.41) is 0. The molecular weight excluding hydrogens is 264 g/mol. The molecule has 4 saturated carbocycles. The monoisotopic (exact) mass is 302 g/mol. The Balaban J connectivity index is 1.62. The zero-order chi connectivity index (χ0) is 15.5. The van der Waals surface area contributed by atoms with Gasteiger partial charge in [-0.25, -0.2) is 0 Å². The SMILES string of the molecule is CC(C)[C@H]1CC[C@H]2[C@@H]3CC[C@@H]4CCCC[C@]4(C)[C@H]3CC[C@]12C. The van der Waals surface area contributed by atoms with E-state index in [-0.39, 0.29) is 0 Å². The van der Waals surface area contributed by atoms with Crippen LogP contribution in [0.2, 0.25) is 0 Å². The van der Waals surface area contributed by atoms with E-state index in [4.69, 9.17) is 0 Å². The van der Waals surface area contributed by atoms with Gasteiger partial charge in [0, 0.05) is 0 Å². The van der Waals surface area contributed by atoms with E-state index in [2.05, 4.69) is 27.7 Å². The molecule has 0 aromatic heterocycles. The van der Waals surface area contributed by atoms with Crippen LogP contribution in [0.5, 0.6) is 0 Å². The first-order chi connectivity index (χ1) is 10.5. The smallest absolute Gasteiger partial charge is 0.0264 e. The van der Waals surface area contributed by atoms with Crippen molar-refractivity contribution < 1.29 is 0 Å². The van der Waals surface area contributed by atoms with Crippen molar-refractivity contribution in [1.29, 1.82) is 0 Å². The molecule has 7 atom stereocenters. The summed E-state index contributed by atoms with van der Waals surface area (Å²) in [5.74, 6) is 6.22. The molecule has 0 unspecified atom stereocenters. The highest BCUT2D eigenvalue weighted by atomic mass is 14.6. The lowest BCUT2D eigenvalue weighted by Gasteiger charge is -2.60. The molecule has 0 amide bonds.